The molecule has 1 aliphatic heterocycles. The second-order valence-corrected chi connectivity index (χ2v) is 6.26. The highest BCUT2D eigenvalue weighted by molar-refractivity contribution is 9.10. The average molecular weight is 288 g/mol. The molecular formula is C11H14BrNOS. The standard InChI is InChI=1S/C11H14BrNOS/c12-10-4-1-3-9(7-10)11-8-15(14)6-2-5-13-11/h1,3-4,7,11,13H,2,5-6,8H2. The Morgan fingerprint density at radius 3 is 3.13 bits per heavy atom. The van der Waals surface area contributed by atoms with E-state index in [-0.39, 0.29) is 6.04 Å². The molecule has 1 aromatic carbocycles. The van der Waals surface area contributed by atoms with Gasteiger partial charge in [-0.3, -0.25) is 4.21 Å². The third kappa shape index (κ3) is 3.13. The highest BCUT2D eigenvalue weighted by Crippen LogP contribution is 2.20. The summed E-state index contributed by atoms with van der Waals surface area (Å²) >= 11 is 3.46. The molecule has 15 heavy (non-hydrogen) atoms. The van der Waals surface area contributed by atoms with Crippen molar-refractivity contribution in [3.8, 4) is 0 Å². The Kier molecular flexibility index (Phi) is 3.94. The van der Waals surface area contributed by atoms with Crippen LogP contribution in [-0.4, -0.2) is 22.3 Å². The Bertz CT molecular complexity index is 369. The maximum absolute atomic E-state index is 11.6. The molecule has 2 nitrogen and oxygen atoms in total. The second-order valence-electron chi connectivity index (χ2n) is 3.73. The first-order chi connectivity index (χ1) is 7.25. The first-order valence-corrected chi connectivity index (χ1v) is 7.37. The van der Waals surface area contributed by atoms with E-state index >= 15 is 0 Å². The molecule has 0 spiro atoms. The first kappa shape index (κ1) is 11.3. The Morgan fingerprint density at radius 1 is 1.47 bits per heavy atom. The largest absolute Gasteiger partial charge is 0.309 e. The summed E-state index contributed by atoms with van der Waals surface area (Å²) < 4.78 is 12.7. The molecule has 0 saturated carbocycles. The topological polar surface area (TPSA) is 29.1 Å². The average Bonchev–Trinajstić information content (AvgIpc) is 2.43. The summed E-state index contributed by atoms with van der Waals surface area (Å²) in [6.07, 6.45) is 1.01. The summed E-state index contributed by atoms with van der Waals surface area (Å²) in [6, 6.07) is 8.46. The van der Waals surface area contributed by atoms with Gasteiger partial charge in [0, 0.05) is 32.8 Å². The van der Waals surface area contributed by atoms with E-state index < -0.39 is 10.8 Å². The molecule has 0 radical (unpaired) electrons. The summed E-state index contributed by atoms with van der Waals surface area (Å²) in [4.78, 5) is 0. The fourth-order valence-electron chi connectivity index (χ4n) is 1.78. The summed E-state index contributed by atoms with van der Waals surface area (Å²) in [5.74, 6) is 1.56. The lowest BCUT2D eigenvalue weighted by Crippen LogP contribution is -2.23. The third-order valence-electron chi connectivity index (χ3n) is 2.54. The minimum atomic E-state index is -0.673. The van der Waals surface area contributed by atoms with Crippen LogP contribution in [0.4, 0.5) is 0 Å². The molecule has 2 atom stereocenters. The number of nitrogens with one attached hydrogen (secondary N) is 1. The van der Waals surface area contributed by atoms with Crippen molar-refractivity contribution in [2.45, 2.75) is 12.5 Å². The molecule has 0 aliphatic carbocycles. The van der Waals surface area contributed by atoms with Gasteiger partial charge in [-0.15, -0.1) is 0 Å². The van der Waals surface area contributed by atoms with Crippen LogP contribution in [0.1, 0.15) is 18.0 Å². The lowest BCUT2D eigenvalue weighted by atomic mass is 10.1. The van der Waals surface area contributed by atoms with Crippen LogP contribution in [0, 0.1) is 0 Å². The van der Waals surface area contributed by atoms with Crippen molar-refractivity contribution >= 4 is 26.7 Å². The van der Waals surface area contributed by atoms with Crippen LogP contribution in [0.2, 0.25) is 0 Å². The van der Waals surface area contributed by atoms with E-state index in [9.17, 15) is 4.21 Å². The summed E-state index contributed by atoms with van der Waals surface area (Å²) in [6.45, 7) is 0.961. The van der Waals surface area contributed by atoms with Crippen LogP contribution in [0.25, 0.3) is 0 Å². The van der Waals surface area contributed by atoms with Crippen LogP contribution in [0.5, 0.6) is 0 Å². The molecule has 1 aromatic rings. The molecule has 1 aliphatic rings. The third-order valence-corrected chi connectivity index (χ3v) is 4.49. The fourth-order valence-corrected chi connectivity index (χ4v) is 3.51. The van der Waals surface area contributed by atoms with Crippen molar-refractivity contribution in [2.75, 3.05) is 18.1 Å². The summed E-state index contributed by atoms with van der Waals surface area (Å²) in [7, 11) is -0.673. The molecule has 4 heteroatoms. The van der Waals surface area contributed by atoms with Crippen LogP contribution >= 0.6 is 15.9 Å². The highest BCUT2D eigenvalue weighted by atomic mass is 79.9. The van der Waals surface area contributed by atoms with Gasteiger partial charge in [0.2, 0.25) is 0 Å². The molecule has 1 fully saturated rings. The molecule has 1 N–H and O–H groups in total. The number of hydrogen-bond acceptors (Lipinski definition) is 2. The zero-order chi connectivity index (χ0) is 10.7. The smallest absolute Gasteiger partial charge is 0.0437 e. The number of hydrogen-bond donors (Lipinski definition) is 1. The molecule has 1 saturated heterocycles. The lowest BCUT2D eigenvalue weighted by Gasteiger charge is -2.15. The summed E-state index contributed by atoms with van der Waals surface area (Å²) in [5, 5.41) is 3.44. The van der Waals surface area contributed by atoms with Gasteiger partial charge in [-0.1, -0.05) is 28.1 Å². The maximum atomic E-state index is 11.6. The lowest BCUT2D eigenvalue weighted by molar-refractivity contribution is 0.587. The zero-order valence-electron chi connectivity index (χ0n) is 8.41. The molecule has 82 valence electrons. The van der Waals surface area contributed by atoms with E-state index in [4.69, 9.17) is 0 Å². The number of halogens is 1. The van der Waals surface area contributed by atoms with Crippen molar-refractivity contribution in [3.05, 3.63) is 34.3 Å². The Labute approximate surface area is 101 Å². The Hall–Kier alpha value is -0.190. The second kappa shape index (κ2) is 5.23. The van der Waals surface area contributed by atoms with Gasteiger partial charge in [0.15, 0.2) is 0 Å². The summed E-state index contributed by atoms with van der Waals surface area (Å²) in [5.41, 5.74) is 1.22. The molecule has 1 heterocycles. The fraction of sp³-hybridized carbons (Fsp3) is 0.455. The van der Waals surface area contributed by atoms with E-state index in [1.165, 1.54) is 5.56 Å². The maximum Gasteiger partial charge on any atom is 0.0437 e. The van der Waals surface area contributed by atoms with Gasteiger partial charge in [-0.25, -0.2) is 0 Å². The minimum absolute atomic E-state index is 0.242. The van der Waals surface area contributed by atoms with E-state index in [0.29, 0.717) is 0 Å². The molecule has 2 unspecified atom stereocenters. The van der Waals surface area contributed by atoms with Crippen molar-refractivity contribution < 1.29 is 4.21 Å². The first-order valence-electron chi connectivity index (χ1n) is 5.09. The molecule has 2 rings (SSSR count). The van der Waals surface area contributed by atoms with Crippen LogP contribution < -0.4 is 5.32 Å². The number of rotatable bonds is 1. The van der Waals surface area contributed by atoms with E-state index in [1.54, 1.807) is 0 Å². The van der Waals surface area contributed by atoms with Crippen molar-refractivity contribution in [3.63, 3.8) is 0 Å². The number of benzene rings is 1. The normalized spacial score (nSPS) is 27.3. The van der Waals surface area contributed by atoms with Crippen molar-refractivity contribution in [1.82, 2.24) is 5.32 Å². The van der Waals surface area contributed by atoms with Gasteiger partial charge in [0.1, 0.15) is 0 Å². The quantitative estimate of drug-likeness (QED) is 0.858. The van der Waals surface area contributed by atoms with Gasteiger partial charge in [0.05, 0.1) is 0 Å². The highest BCUT2D eigenvalue weighted by Gasteiger charge is 2.17. The van der Waals surface area contributed by atoms with Gasteiger partial charge >= 0.3 is 0 Å². The van der Waals surface area contributed by atoms with Gasteiger partial charge in [-0.05, 0) is 30.7 Å². The van der Waals surface area contributed by atoms with E-state index in [1.807, 2.05) is 12.1 Å². The predicted molar refractivity (Wildman–Crippen MR) is 67.4 cm³/mol. The van der Waals surface area contributed by atoms with E-state index in [2.05, 4.69) is 33.4 Å². The van der Waals surface area contributed by atoms with E-state index in [0.717, 1.165) is 28.9 Å². The van der Waals surface area contributed by atoms with Crippen molar-refractivity contribution in [2.24, 2.45) is 0 Å². The van der Waals surface area contributed by atoms with Gasteiger partial charge in [-0.2, -0.15) is 0 Å². The van der Waals surface area contributed by atoms with Crippen LogP contribution in [0.15, 0.2) is 28.7 Å². The molecular weight excluding hydrogens is 274 g/mol. The Balaban J connectivity index is 2.18. The van der Waals surface area contributed by atoms with Crippen LogP contribution in [0.3, 0.4) is 0 Å². The van der Waals surface area contributed by atoms with Gasteiger partial charge < -0.3 is 5.32 Å². The van der Waals surface area contributed by atoms with Crippen molar-refractivity contribution in [1.29, 1.82) is 0 Å². The molecule has 0 aromatic heterocycles. The molecule has 0 bridgehead atoms. The van der Waals surface area contributed by atoms with Crippen LogP contribution in [-0.2, 0) is 10.8 Å². The molecule has 0 amide bonds. The Morgan fingerprint density at radius 2 is 2.33 bits per heavy atom. The monoisotopic (exact) mass is 287 g/mol. The van der Waals surface area contributed by atoms with Gasteiger partial charge in [0.25, 0.3) is 0 Å². The SMILES string of the molecule is O=S1CCCNC(c2cccc(Br)c2)C1. The minimum Gasteiger partial charge on any atom is -0.309 e. The zero-order valence-corrected chi connectivity index (χ0v) is 10.8. The predicted octanol–water partition coefficient (Wildman–Crippen LogP) is 2.23.